The van der Waals surface area contributed by atoms with Gasteiger partial charge in [0.05, 0.1) is 0 Å². The Morgan fingerprint density at radius 1 is 0.857 bits per heavy atom. The van der Waals surface area contributed by atoms with E-state index >= 15 is 0 Å². The molecule has 0 fully saturated rings. The van der Waals surface area contributed by atoms with Gasteiger partial charge in [-0.3, -0.25) is 4.98 Å². The maximum atomic E-state index is 8.55. The molecule has 0 amide bonds. The van der Waals surface area contributed by atoms with E-state index in [4.69, 9.17) is 19.2 Å². The first-order valence-electron chi connectivity index (χ1n) is 2.58. The van der Waals surface area contributed by atoms with E-state index in [1.807, 2.05) is 18.2 Å². The maximum Gasteiger partial charge on any atom is 1.00 e. The maximum absolute atomic E-state index is 8.55. The minimum Gasteiger partial charge on any atom is -0.822 e. The summed E-state index contributed by atoms with van der Waals surface area (Å²) in [6.45, 7) is 0. The zero-order chi connectivity index (χ0) is 8.74. The van der Waals surface area contributed by atoms with Crippen LogP contribution >= 0.6 is 7.82 Å². The molecule has 0 bridgehead atoms. The zero-order valence-electron chi connectivity index (χ0n) is 8.41. The first-order chi connectivity index (χ1) is 5.00. The quantitative estimate of drug-likeness (QED) is 0.333. The van der Waals surface area contributed by atoms with Crippen molar-refractivity contribution in [2.45, 2.75) is 0 Å². The predicted molar refractivity (Wildman–Crippen MR) is 31.8 cm³/mol. The Balaban J connectivity index is -0.0000000597. The first kappa shape index (κ1) is 25.2. The second kappa shape index (κ2) is 15.3. The van der Waals surface area contributed by atoms with Crippen LogP contribution in [0.3, 0.4) is 0 Å². The van der Waals surface area contributed by atoms with Gasteiger partial charge in [0.2, 0.25) is 0 Å². The summed E-state index contributed by atoms with van der Waals surface area (Å²) in [5.74, 6) is 0. The van der Waals surface area contributed by atoms with Crippen molar-refractivity contribution >= 4 is 7.82 Å². The van der Waals surface area contributed by atoms with E-state index in [2.05, 4.69) is 4.98 Å². The van der Waals surface area contributed by atoms with Crippen molar-refractivity contribution < 1.29 is 108 Å². The molecule has 0 saturated heterocycles. The van der Waals surface area contributed by atoms with E-state index < -0.39 is 7.82 Å². The molecule has 0 aliphatic carbocycles. The average molecular weight is 243 g/mol. The van der Waals surface area contributed by atoms with Crippen LogP contribution in [-0.4, -0.2) is 4.98 Å². The van der Waals surface area contributed by atoms with Crippen LogP contribution in [0.4, 0.5) is 0 Å². The molecule has 0 atom stereocenters. The van der Waals surface area contributed by atoms with Crippen molar-refractivity contribution in [3.8, 4) is 0 Å². The van der Waals surface area contributed by atoms with E-state index in [1.165, 1.54) is 0 Å². The molecule has 14 heavy (non-hydrogen) atoms. The van der Waals surface area contributed by atoms with E-state index in [9.17, 15) is 0 Å². The Bertz CT molecular complexity index is 197. The molecule has 1 rings (SSSR count). The van der Waals surface area contributed by atoms with Crippen molar-refractivity contribution in [3.63, 3.8) is 0 Å². The molecule has 1 aromatic heterocycles. The Hall–Kier alpha value is 2.26. The van der Waals surface area contributed by atoms with Gasteiger partial charge in [-0.1, -0.05) is 6.07 Å². The van der Waals surface area contributed by atoms with Crippen LogP contribution in [0.25, 0.3) is 0 Å². The van der Waals surface area contributed by atoms with E-state index in [0.717, 1.165) is 0 Å². The second-order valence-electron chi connectivity index (χ2n) is 1.47. The Labute approximate surface area is 149 Å². The molecule has 0 aromatic carbocycles. The minimum absolute atomic E-state index is 0. The van der Waals surface area contributed by atoms with E-state index in [-0.39, 0.29) is 88.7 Å². The van der Waals surface area contributed by atoms with Crippen molar-refractivity contribution in [1.29, 1.82) is 0 Å². The van der Waals surface area contributed by atoms with Crippen LogP contribution in [0.2, 0.25) is 0 Å². The summed E-state index contributed by atoms with van der Waals surface area (Å²) in [4.78, 5) is 29.4. The van der Waals surface area contributed by atoms with Gasteiger partial charge in [-0.15, -0.1) is 0 Å². The molecule has 0 saturated carbocycles. The summed E-state index contributed by atoms with van der Waals surface area (Å²) in [5, 5.41) is 0. The number of nitrogens with zero attached hydrogens (tertiary/aromatic N) is 1. The summed E-state index contributed by atoms with van der Waals surface area (Å²) in [5.41, 5.74) is 0. The van der Waals surface area contributed by atoms with Gasteiger partial charge in [-0.2, -0.15) is 7.82 Å². The summed E-state index contributed by atoms with van der Waals surface area (Å²) < 4.78 is 8.55. The fraction of sp³-hybridized carbons (Fsp3) is 0. The molecule has 0 aliphatic heterocycles. The number of rotatable bonds is 0. The van der Waals surface area contributed by atoms with Crippen molar-refractivity contribution in [2.75, 3.05) is 0 Å². The Morgan fingerprint density at radius 3 is 1.21 bits per heavy atom. The molecule has 0 radical (unpaired) electrons. The van der Waals surface area contributed by atoms with Gasteiger partial charge < -0.3 is 19.2 Å². The average Bonchev–Trinajstić information content (AvgIpc) is 1.88. The molecule has 0 aliphatic rings. The van der Waals surface area contributed by atoms with Gasteiger partial charge >= 0.3 is 88.7 Å². The van der Waals surface area contributed by atoms with Gasteiger partial charge in [-0.05, 0) is 12.1 Å². The van der Waals surface area contributed by atoms with Gasteiger partial charge in [0.25, 0.3) is 0 Å². The second-order valence-corrected chi connectivity index (χ2v) is 2.37. The number of hydrogen-bond donors (Lipinski definition) is 0. The summed E-state index contributed by atoms with van der Waals surface area (Å²) >= 11 is 0. The fourth-order valence-corrected chi connectivity index (χ4v) is 0.313. The molecule has 62 valence electrons. The molecule has 5 nitrogen and oxygen atoms in total. The summed E-state index contributed by atoms with van der Waals surface area (Å²) in [6.07, 6.45) is 3.50. The van der Waals surface area contributed by atoms with Crippen molar-refractivity contribution in [3.05, 3.63) is 30.6 Å². The van der Waals surface area contributed by atoms with Crippen LogP contribution in [0, 0.1) is 0 Å². The third kappa shape index (κ3) is 36.7. The minimum atomic E-state index is -5.39. The van der Waals surface area contributed by atoms with Gasteiger partial charge in [0.1, 0.15) is 0 Å². The largest absolute Gasteiger partial charge is 1.00 e. The number of hydrogen-bond acceptors (Lipinski definition) is 5. The number of aromatic nitrogens is 1. The smallest absolute Gasteiger partial charge is 0.822 e. The summed E-state index contributed by atoms with van der Waals surface area (Å²) in [6, 6.07) is 5.72. The monoisotopic (exact) mass is 243 g/mol. The molecular weight excluding hydrogens is 238 g/mol. The third-order valence-electron chi connectivity index (χ3n) is 0.566. The molecule has 0 unspecified atom stereocenters. The number of phosphoric acid groups is 1. The third-order valence-corrected chi connectivity index (χ3v) is 0.566. The molecule has 9 heteroatoms. The van der Waals surface area contributed by atoms with Gasteiger partial charge in [0.15, 0.2) is 0 Å². The fourth-order valence-electron chi connectivity index (χ4n) is 0.313. The SMILES string of the molecule is O=P([O-])([O-])[O-].[Na+].[Na+].[Na+].c1ccncc1. The van der Waals surface area contributed by atoms with E-state index in [1.54, 1.807) is 12.4 Å². The first-order valence-corrected chi connectivity index (χ1v) is 4.04. The van der Waals surface area contributed by atoms with E-state index in [0.29, 0.717) is 0 Å². The van der Waals surface area contributed by atoms with Crippen LogP contribution in [0.15, 0.2) is 30.6 Å². The topological polar surface area (TPSA) is 99.1 Å². The normalized spacial score (nSPS) is 7.64. The number of pyridine rings is 1. The van der Waals surface area contributed by atoms with Gasteiger partial charge in [-0.25, -0.2) is 0 Å². The van der Waals surface area contributed by atoms with Crippen LogP contribution in [-0.2, 0) is 4.57 Å². The predicted octanol–water partition coefficient (Wildman–Crippen LogP) is -10.7. The standard InChI is InChI=1S/C5H5N.3Na.H3O4P/c1-2-4-6-5-3-1;;;;1-5(2,3)4/h1-5H;;;;(H3,1,2,3,4)/q;3*+1;/p-3. The van der Waals surface area contributed by atoms with Crippen molar-refractivity contribution in [1.82, 2.24) is 4.98 Å². The molecule has 0 N–H and O–H groups in total. The van der Waals surface area contributed by atoms with Crippen LogP contribution in [0.5, 0.6) is 0 Å². The molecular formula is C5H5NNa3O4P. The summed E-state index contributed by atoms with van der Waals surface area (Å²) in [7, 11) is -5.39. The van der Waals surface area contributed by atoms with Crippen LogP contribution < -0.4 is 103 Å². The van der Waals surface area contributed by atoms with Gasteiger partial charge in [0, 0.05) is 12.4 Å². The van der Waals surface area contributed by atoms with Crippen LogP contribution in [0.1, 0.15) is 0 Å². The Morgan fingerprint density at radius 2 is 1.14 bits per heavy atom. The molecule has 1 aromatic rings. The molecule has 1 heterocycles. The molecule has 0 spiro atoms. The Kier molecular flexibility index (Phi) is 27.5. The zero-order valence-corrected chi connectivity index (χ0v) is 15.3. The van der Waals surface area contributed by atoms with Crippen molar-refractivity contribution in [2.24, 2.45) is 0 Å².